The molecule has 1 fully saturated rings. The summed E-state index contributed by atoms with van der Waals surface area (Å²) in [4.78, 5) is 27.2. The van der Waals surface area contributed by atoms with Gasteiger partial charge in [-0.3, -0.25) is 9.59 Å². The molecule has 3 aromatic rings. The van der Waals surface area contributed by atoms with Gasteiger partial charge in [-0.05, 0) is 36.8 Å². The number of carbonyl (C=O) groups excluding carboxylic acids is 2. The van der Waals surface area contributed by atoms with Crippen LogP contribution in [0.2, 0.25) is 5.02 Å². The number of ketones is 1. The first kappa shape index (κ1) is 19.0. The number of aliphatic hydroxyl groups excluding tert-OH is 1. The summed E-state index contributed by atoms with van der Waals surface area (Å²) in [6.07, 6.45) is 1.51. The third kappa shape index (κ3) is 3.57. The van der Waals surface area contributed by atoms with E-state index >= 15 is 0 Å². The van der Waals surface area contributed by atoms with Crippen LogP contribution in [-0.2, 0) is 16.1 Å². The van der Waals surface area contributed by atoms with Gasteiger partial charge < -0.3 is 14.4 Å². The van der Waals surface area contributed by atoms with Crippen LogP contribution in [0.1, 0.15) is 28.5 Å². The molecule has 1 N–H and O–H groups in total. The number of Topliss-reactive ketones (excluding diaryl/α,β-unsaturated/α-hetero) is 1. The van der Waals surface area contributed by atoms with Gasteiger partial charge in [0.2, 0.25) is 0 Å². The Morgan fingerprint density at radius 2 is 1.76 bits per heavy atom. The molecule has 0 spiro atoms. The second-order valence-electron chi connectivity index (χ2n) is 6.92. The van der Waals surface area contributed by atoms with Gasteiger partial charge in [0.1, 0.15) is 11.5 Å². The molecule has 0 aliphatic carbocycles. The highest BCUT2D eigenvalue weighted by molar-refractivity contribution is 6.46. The van der Waals surface area contributed by atoms with Crippen LogP contribution in [0, 0.1) is 6.92 Å². The number of benzene rings is 2. The first-order valence-corrected chi connectivity index (χ1v) is 9.47. The molecule has 0 saturated carbocycles. The normalized spacial score (nSPS) is 18.4. The van der Waals surface area contributed by atoms with Gasteiger partial charge >= 0.3 is 0 Å². The zero-order valence-electron chi connectivity index (χ0n) is 15.6. The van der Waals surface area contributed by atoms with Crippen LogP contribution in [-0.4, -0.2) is 21.7 Å². The molecule has 146 valence electrons. The minimum absolute atomic E-state index is 0.0488. The van der Waals surface area contributed by atoms with Crippen molar-refractivity contribution in [3.8, 4) is 0 Å². The fraction of sp³-hybridized carbons (Fsp3) is 0.130. The van der Waals surface area contributed by atoms with Crippen molar-refractivity contribution in [2.75, 3.05) is 0 Å². The van der Waals surface area contributed by atoms with Crippen LogP contribution in [0.4, 0.5) is 0 Å². The van der Waals surface area contributed by atoms with Crippen molar-refractivity contribution < 1.29 is 19.1 Å². The second kappa shape index (κ2) is 7.60. The average molecular weight is 408 g/mol. The maximum absolute atomic E-state index is 12.9. The molecule has 1 amide bonds. The highest BCUT2D eigenvalue weighted by Gasteiger charge is 2.46. The van der Waals surface area contributed by atoms with E-state index in [-0.39, 0.29) is 17.9 Å². The quantitative estimate of drug-likeness (QED) is 0.381. The lowest BCUT2D eigenvalue weighted by Crippen LogP contribution is -2.29. The Balaban J connectivity index is 1.86. The van der Waals surface area contributed by atoms with Gasteiger partial charge in [-0.25, -0.2) is 0 Å². The molecule has 6 heteroatoms. The Labute approximate surface area is 172 Å². The molecular formula is C23H18ClNO4. The van der Waals surface area contributed by atoms with Crippen LogP contribution in [0.15, 0.2) is 76.9 Å². The predicted molar refractivity (Wildman–Crippen MR) is 109 cm³/mol. The number of nitrogens with zero attached hydrogens (tertiary/aromatic N) is 1. The molecule has 0 bridgehead atoms. The van der Waals surface area contributed by atoms with E-state index in [9.17, 15) is 14.7 Å². The molecule has 1 aliphatic rings. The van der Waals surface area contributed by atoms with Gasteiger partial charge in [-0.2, -0.15) is 0 Å². The predicted octanol–water partition coefficient (Wildman–Crippen LogP) is 4.86. The Kier molecular flexibility index (Phi) is 4.99. The van der Waals surface area contributed by atoms with E-state index in [2.05, 4.69) is 0 Å². The van der Waals surface area contributed by atoms with E-state index in [0.29, 0.717) is 21.9 Å². The van der Waals surface area contributed by atoms with E-state index in [1.54, 1.807) is 48.5 Å². The summed E-state index contributed by atoms with van der Waals surface area (Å²) in [6.45, 7) is 2.04. The fourth-order valence-electron chi connectivity index (χ4n) is 3.47. The standard InChI is InChI=1S/C23H18ClNO4/c1-14-4-6-16(7-5-14)21(26)19-20(15-8-10-17(24)11-9-15)25(23(28)22(19)27)13-18-3-2-12-29-18/h2-12,20,26H,13H2,1H3/b21-19+/t20-/m0/s1. The number of halogens is 1. The molecule has 0 radical (unpaired) electrons. The Bertz CT molecular complexity index is 1080. The van der Waals surface area contributed by atoms with Crippen molar-refractivity contribution >= 4 is 29.1 Å². The fourth-order valence-corrected chi connectivity index (χ4v) is 3.60. The number of aliphatic hydroxyl groups is 1. The summed E-state index contributed by atoms with van der Waals surface area (Å²) in [6, 6.07) is 16.7. The smallest absolute Gasteiger partial charge is 0.296 e. The summed E-state index contributed by atoms with van der Waals surface area (Å²) >= 11 is 6.01. The molecule has 0 unspecified atom stereocenters. The number of furan rings is 1. The molecule has 1 saturated heterocycles. The molecule has 1 aliphatic heterocycles. The second-order valence-corrected chi connectivity index (χ2v) is 7.36. The van der Waals surface area contributed by atoms with Gasteiger partial charge in [-0.1, -0.05) is 53.6 Å². The van der Waals surface area contributed by atoms with Crippen molar-refractivity contribution in [1.29, 1.82) is 0 Å². The maximum Gasteiger partial charge on any atom is 0.296 e. The van der Waals surface area contributed by atoms with Gasteiger partial charge in [0.15, 0.2) is 0 Å². The zero-order valence-corrected chi connectivity index (χ0v) is 16.4. The first-order valence-electron chi connectivity index (χ1n) is 9.09. The van der Waals surface area contributed by atoms with E-state index in [0.717, 1.165) is 5.56 Å². The van der Waals surface area contributed by atoms with Gasteiger partial charge in [-0.15, -0.1) is 0 Å². The lowest BCUT2D eigenvalue weighted by Gasteiger charge is -2.24. The van der Waals surface area contributed by atoms with Crippen molar-refractivity contribution in [1.82, 2.24) is 4.90 Å². The Morgan fingerprint density at radius 3 is 2.38 bits per heavy atom. The topological polar surface area (TPSA) is 70.8 Å². The third-order valence-electron chi connectivity index (χ3n) is 4.96. The van der Waals surface area contributed by atoms with Crippen LogP contribution < -0.4 is 0 Å². The molecule has 5 nitrogen and oxygen atoms in total. The van der Waals surface area contributed by atoms with Crippen LogP contribution in [0.5, 0.6) is 0 Å². The highest BCUT2D eigenvalue weighted by atomic mass is 35.5. The van der Waals surface area contributed by atoms with Gasteiger partial charge in [0, 0.05) is 10.6 Å². The number of likely N-dealkylation sites (tertiary alicyclic amines) is 1. The van der Waals surface area contributed by atoms with Gasteiger partial charge in [0.25, 0.3) is 11.7 Å². The van der Waals surface area contributed by atoms with Crippen LogP contribution in [0.3, 0.4) is 0 Å². The third-order valence-corrected chi connectivity index (χ3v) is 5.21. The SMILES string of the molecule is Cc1ccc(/C(O)=C2\C(=O)C(=O)N(Cc3ccco3)[C@H]2c2ccc(Cl)cc2)cc1. The summed E-state index contributed by atoms with van der Waals surface area (Å²) in [5, 5.41) is 11.5. The molecular weight excluding hydrogens is 390 g/mol. The molecule has 29 heavy (non-hydrogen) atoms. The van der Waals surface area contributed by atoms with E-state index in [4.69, 9.17) is 16.0 Å². The maximum atomic E-state index is 12.9. The molecule has 1 aromatic heterocycles. The number of amides is 1. The van der Waals surface area contributed by atoms with Crippen LogP contribution >= 0.6 is 11.6 Å². The van der Waals surface area contributed by atoms with Crippen molar-refractivity contribution in [3.05, 3.63) is 100.0 Å². The van der Waals surface area contributed by atoms with E-state index in [1.165, 1.54) is 11.2 Å². The highest BCUT2D eigenvalue weighted by Crippen LogP contribution is 2.40. The minimum atomic E-state index is -0.751. The van der Waals surface area contributed by atoms with E-state index < -0.39 is 17.7 Å². The lowest BCUT2D eigenvalue weighted by atomic mass is 9.95. The summed E-state index contributed by atoms with van der Waals surface area (Å²) in [5.74, 6) is -1.07. The largest absolute Gasteiger partial charge is 0.507 e. The van der Waals surface area contributed by atoms with Gasteiger partial charge in [0.05, 0.1) is 24.4 Å². The number of hydrogen-bond acceptors (Lipinski definition) is 4. The van der Waals surface area contributed by atoms with Crippen molar-refractivity contribution in [3.63, 3.8) is 0 Å². The number of carbonyl (C=O) groups is 2. The first-order chi connectivity index (χ1) is 14.0. The summed E-state index contributed by atoms with van der Waals surface area (Å²) in [7, 11) is 0. The van der Waals surface area contributed by atoms with E-state index in [1.807, 2.05) is 19.1 Å². The Morgan fingerprint density at radius 1 is 1.07 bits per heavy atom. The number of rotatable bonds is 4. The Hall–Kier alpha value is -3.31. The number of aryl methyl sites for hydroxylation is 1. The minimum Gasteiger partial charge on any atom is -0.507 e. The lowest BCUT2D eigenvalue weighted by molar-refractivity contribution is -0.140. The molecule has 2 heterocycles. The summed E-state index contributed by atoms with van der Waals surface area (Å²) < 4.78 is 5.37. The number of hydrogen-bond donors (Lipinski definition) is 1. The van der Waals surface area contributed by atoms with Crippen molar-refractivity contribution in [2.24, 2.45) is 0 Å². The zero-order chi connectivity index (χ0) is 20.5. The van der Waals surface area contributed by atoms with Crippen LogP contribution in [0.25, 0.3) is 5.76 Å². The summed E-state index contributed by atoms with van der Waals surface area (Å²) in [5.41, 5.74) is 2.22. The molecule has 1 atom stereocenters. The average Bonchev–Trinajstić information content (AvgIpc) is 3.31. The molecule has 4 rings (SSSR count). The monoisotopic (exact) mass is 407 g/mol. The molecule has 2 aromatic carbocycles. The van der Waals surface area contributed by atoms with Crippen molar-refractivity contribution in [2.45, 2.75) is 19.5 Å².